The second-order valence-corrected chi connectivity index (χ2v) is 3.06. The van der Waals surface area contributed by atoms with Gasteiger partial charge in [0.25, 0.3) is 6.43 Å². The van der Waals surface area contributed by atoms with E-state index in [-0.39, 0.29) is 5.02 Å². The summed E-state index contributed by atoms with van der Waals surface area (Å²) in [6.07, 6.45) is -2.11. The summed E-state index contributed by atoms with van der Waals surface area (Å²) in [5.41, 5.74) is -1.56. The third-order valence-electron chi connectivity index (χ3n) is 1.45. The standard InChI is InChI=1S/C7H3Cl2F2NO2/c8-2-1-12-5(9)4(6(10)11)3(2)7(13)14/h1,6H,(H,13,14). The number of carboxylic acid groups (broad SMARTS) is 1. The van der Waals surface area contributed by atoms with Crippen LogP contribution in [-0.2, 0) is 0 Å². The molecule has 1 aromatic rings. The molecule has 1 N–H and O–H groups in total. The lowest BCUT2D eigenvalue weighted by molar-refractivity contribution is 0.0684. The Balaban J connectivity index is 3.50. The predicted octanol–water partition coefficient (Wildman–Crippen LogP) is 3.02. The molecule has 0 saturated carbocycles. The molecule has 0 atom stereocenters. The molecule has 1 rings (SSSR count). The van der Waals surface area contributed by atoms with Gasteiger partial charge in [-0.2, -0.15) is 0 Å². The number of rotatable bonds is 2. The lowest BCUT2D eigenvalue weighted by Crippen LogP contribution is -2.06. The number of carbonyl (C=O) groups is 1. The lowest BCUT2D eigenvalue weighted by Gasteiger charge is -2.07. The van der Waals surface area contributed by atoms with Crippen LogP contribution < -0.4 is 0 Å². The summed E-state index contributed by atoms with van der Waals surface area (Å²) in [5.74, 6) is -1.56. The van der Waals surface area contributed by atoms with E-state index in [1.165, 1.54) is 0 Å². The average molecular weight is 242 g/mol. The van der Waals surface area contributed by atoms with Crippen molar-refractivity contribution in [3.8, 4) is 0 Å². The highest BCUT2D eigenvalue weighted by Crippen LogP contribution is 2.32. The van der Waals surface area contributed by atoms with E-state index >= 15 is 0 Å². The highest BCUT2D eigenvalue weighted by Gasteiger charge is 2.25. The molecule has 0 radical (unpaired) electrons. The highest BCUT2D eigenvalue weighted by molar-refractivity contribution is 6.35. The highest BCUT2D eigenvalue weighted by atomic mass is 35.5. The van der Waals surface area contributed by atoms with Gasteiger partial charge in [0.15, 0.2) is 0 Å². The Hall–Kier alpha value is -0.940. The van der Waals surface area contributed by atoms with Gasteiger partial charge in [-0.15, -0.1) is 0 Å². The molecule has 0 aliphatic rings. The van der Waals surface area contributed by atoms with Crippen molar-refractivity contribution < 1.29 is 18.7 Å². The number of hydrogen-bond acceptors (Lipinski definition) is 2. The Morgan fingerprint density at radius 3 is 2.43 bits per heavy atom. The maximum atomic E-state index is 12.4. The van der Waals surface area contributed by atoms with Crippen LogP contribution in [-0.4, -0.2) is 16.1 Å². The summed E-state index contributed by atoms with van der Waals surface area (Å²) in [5, 5.41) is 7.70. The first-order valence-corrected chi connectivity index (χ1v) is 4.06. The van der Waals surface area contributed by atoms with E-state index in [0.717, 1.165) is 6.20 Å². The van der Waals surface area contributed by atoms with Gasteiger partial charge in [0.05, 0.1) is 16.1 Å². The van der Waals surface area contributed by atoms with Gasteiger partial charge in [-0.05, 0) is 0 Å². The van der Waals surface area contributed by atoms with Gasteiger partial charge in [0.2, 0.25) is 0 Å². The summed E-state index contributed by atoms with van der Waals surface area (Å²) in [4.78, 5) is 13.9. The van der Waals surface area contributed by atoms with Gasteiger partial charge in [-0.3, -0.25) is 0 Å². The van der Waals surface area contributed by atoms with Crippen molar-refractivity contribution in [2.45, 2.75) is 6.43 Å². The minimum Gasteiger partial charge on any atom is -0.478 e. The average Bonchev–Trinajstić information content (AvgIpc) is 2.07. The normalized spacial score (nSPS) is 10.6. The Kier molecular flexibility index (Phi) is 3.23. The van der Waals surface area contributed by atoms with Crippen LogP contribution in [0.25, 0.3) is 0 Å². The van der Waals surface area contributed by atoms with Gasteiger partial charge in [-0.25, -0.2) is 18.6 Å². The van der Waals surface area contributed by atoms with Gasteiger partial charge in [0, 0.05) is 6.20 Å². The number of nitrogens with zero attached hydrogens (tertiary/aromatic N) is 1. The number of halogens is 4. The summed E-state index contributed by atoms with van der Waals surface area (Å²) in [7, 11) is 0. The van der Waals surface area contributed by atoms with Crippen LogP contribution in [0.15, 0.2) is 6.20 Å². The summed E-state index contributed by atoms with van der Waals surface area (Å²) in [6, 6.07) is 0. The summed E-state index contributed by atoms with van der Waals surface area (Å²) < 4.78 is 24.8. The largest absolute Gasteiger partial charge is 0.478 e. The molecule has 1 aromatic heterocycles. The van der Waals surface area contributed by atoms with Gasteiger partial charge in [-0.1, -0.05) is 23.2 Å². The van der Waals surface area contributed by atoms with E-state index < -0.39 is 28.7 Å². The van der Waals surface area contributed by atoms with E-state index in [1.54, 1.807) is 0 Å². The van der Waals surface area contributed by atoms with Crippen molar-refractivity contribution in [1.82, 2.24) is 4.98 Å². The number of aromatic carboxylic acids is 1. The predicted molar refractivity (Wildman–Crippen MR) is 46.2 cm³/mol. The molecule has 7 heteroatoms. The molecule has 0 aliphatic heterocycles. The zero-order valence-electron chi connectivity index (χ0n) is 6.47. The van der Waals surface area contributed by atoms with Gasteiger partial charge < -0.3 is 5.11 Å². The Labute approximate surface area is 87.3 Å². The van der Waals surface area contributed by atoms with Crippen molar-refractivity contribution in [2.24, 2.45) is 0 Å². The zero-order valence-corrected chi connectivity index (χ0v) is 7.98. The van der Waals surface area contributed by atoms with Crippen LogP contribution in [0.5, 0.6) is 0 Å². The van der Waals surface area contributed by atoms with Gasteiger partial charge >= 0.3 is 5.97 Å². The zero-order chi connectivity index (χ0) is 10.9. The Morgan fingerprint density at radius 2 is 2.07 bits per heavy atom. The minimum atomic E-state index is -3.03. The van der Waals surface area contributed by atoms with Crippen molar-refractivity contribution >= 4 is 29.2 Å². The fraction of sp³-hybridized carbons (Fsp3) is 0.143. The third kappa shape index (κ3) is 1.93. The first-order valence-electron chi connectivity index (χ1n) is 3.30. The molecule has 0 saturated heterocycles. The molecular weight excluding hydrogens is 239 g/mol. The third-order valence-corrected chi connectivity index (χ3v) is 2.04. The number of aromatic nitrogens is 1. The number of hydrogen-bond donors (Lipinski definition) is 1. The molecule has 0 amide bonds. The van der Waals surface area contributed by atoms with Crippen molar-refractivity contribution in [2.75, 3.05) is 0 Å². The van der Waals surface area contributed by atoms with Crippen LogP contribution in [0.2, 0.25) is 10.2 Å². The monoisotopic (exact) mass is 241 g/mol. The van der Waals surface area contributed by atoms with Crippen LogP contribution in [0.1, 0.15) is 22.3 Å². The minimum absolute atomic E-state index is 0.364. The van der Waals surface area contributed by atoms with E-state index in [2.05, 4.69) is 4.98 Å². The molecule has 0 spiro atoms. The molecule has 0 fully saturated rings. The first-order chi connectivity index (χ1) is 6.45. The van der Waals surface area contributed by atoms with Crippen LogP contribution >= 0.6 is 23.2 Å². The number of carboxylic acids is 1. The van der Waals surface area contributed by atoms with Crippen LogP contribution in [0.3, 0.4) is 0 Å². The maximum absolute atomic E-state index is 12.4. The SMILES string of the molecule is O=C(O)c1c(Cl)cnc(Cl)c1C(F)F. The van der Waals surface area contributed by atoms with Crippen molar-refractivity contribution in [1.29, 1.82) is 0 Å². The van der Waals surface area contributed by atoms with Crippen molar-refractivity contribution in [3.05, 3.63) is 27.5 Å². The smallest absolute Gasteiger partial charge is 0.337 e. The first kappa shape index (κ1) is 11.1. The Morgan fingerprint density at radius 1 is 1.50 bits per heavy atom. The fourth-order valence-electron chi connectivity index (χ4n) is 0.896. The van der Waals surface area contributed by atoms with Crippen LogP contribution in [0.4, 0.5) is 8.78 Å². The quantitative estimate of drug-likeness (QED) is 0.810. The van der Waals surface area contributed by atoms with E-state index in [9.17, 15) is 13.6 Å². The molecule has 1 heterocycles. The summed E-state index contributed by atoms with van der Waals surface area (Å²) >= 11 is 10.7. The maximum Gasteiger partial charge on any atom is 0.337 e. The molecular formula is C7H3Cl2F2NO2. The van der Waals surface area contributed by atoms with E-state index in [1.807, 2.05) is 0 Å². The van der Waals surface area contributed by atoms with Gasteiger partial charge in [0.1, 0.15) is 5.15 Å². The number of alkyl halides is 2. The molecule has 14 heavy (non-hydrogen) atoms. The summed E-state index contributed by atoms with van der Waals surface area (Å²) in [6.45, 7) is 0. The fourth-order valence-corrected chi connectivity index (χ4v) is 1.35. The van der Waals surface area contributed by atoms with E-state index in [0.29, 0.717) is 0 Å². The van der Waals surface area contributed by atoms with E-state index in [4.69, 9.17) is 28.3 Å². The molecule has 76 valence electrons. The topological polar surface area (TPSA) is 50.2 Å². The van der Waals surface area contributed by atoms with Crippen LogP contribution in [0, 0.1) is 0 Å². The second-order valence-electron chi connectivity index (χ2n) is 2.29. The molecule has 0 aliphatic carbocycles. The molecule has 0 aromatic carbocycles. The molecule has 0 unspecified atom stereocenters. The molecule has 3 nitrogen and oxygen atoms in total. The van der Waals surface area contributed by atoms with Crippen molar-refractivity contribution in [3.63, 3.8) is 0 Å². The number of pyridine rings is 1. The lowest BCUT2D eigenvalue weighted by atomic mass is 10.1. The second kappa shape index (κ2) is 4.06. The molecule has 0 bridgehead atoms. The Bertz CT molecular complexity index is 384.